The van der Waals surface area contributed by atoms with E-state index in [1.54, 1.807) is 20.8 Å². The van der Waals surface area contributed by atoms with Crippen molar-refractivity contribution in [1.29, 1.82) is 0 Å². The first-order valence-corrected chi connectivity index (χ1v) is 4.82. The molecule has 0 saturated carbocycles. The van der Waals surface area contributed by atoms with Gasteiger partial charge in [0.25, 0.3) is 5.69 Å². The molecule has 1 aromatic rings. The van der Waals surface area contributed by atoms with Crippen LogP contribution in [0.2, 0.25) is 0 Å². The summed E-state index contributed by atoms with van der Waals surface area (Å²) in [6.45, 7) is 5.28. The van der Waals surface area contributed by atoms with Crippen molar-refractivity contribution in [3.63, 3.8) is 0 Å². The van der Waals surface area contributed by atoms with Crippen LogP contribution in [0.4, 0.5) is 11.4 Å². The molecule has 86 valence electrons. The predicted molar refractivity (Wildman–Crippen MR) is 61.3 cm³/mol. The van der Waals surface area contributed by atoms with Gasteiger partial charge in [0, 0.05) is 17.0 Å². The number of nitro groups is 1. The highest BCUT2D eigenvalue weighted by Gasteiger charge is 2.25. The summed E-state index contributed by atoms with van der Waals surface area (Å²) in [7, 11) is 0. The standard InChI is InChI=1S/C11H14N2O3/c1-11(2,3)10(14)7-4-5-8(12)9(6-7)13(15)16/h4-6H,12H2,1-3H3. The third kappa shape index (κ3) is 2.36. The molecule has 0 aliphatic heterocycles. The fraction of sp³-hybridized carbons (Fsp3) is 0.364. The van der Waals surface area contributed by atoms with Crippen molar-refractivity contribution in [2.75, 3.05) is 5.73 Å². The Morgan fingerprint density at radius 1 is 1.38 bits per heavy atom. The van der Waals surface area contributed by atoms with Crippen LogP contribution >= 0.6 is 0 Å². The van der Waals surface area contributed by atoms with E-state index in [0.29, 0.717) is 5.56 Å². The van der Waals surface area contributed by atoms with Gasteiger partial charge in [-0.3, -0.25) is 14.9 Å². The Hall–Kier alpha value is -1.91. The number of hydrogen-bond acceptors (Lipinski definition) is 4. The number of Topliss-reactive ketones (excluding diaryl/α,β-unsaturated/α-hetero) is 1. The zero-order valence-electron chi connectivity index (χ0n) is 9.48. The number of carbonyl (C=O) groups is 1. The molecule has 0 unspecified atom stereocenters. The third-order valence-electron chi connectivity index (χ3n) is 2.17. The number of ketones is 1. The van der Waals surface area contributed by atoms with Crippen LogP contribution < -0.4 is 5.73 Å². The molecule has 16 heavy (non-hydrogen) atoms. The highest BCUT2D eigenvalue weighted by Crippen LogP contribution is 2.27. The van der Waals surface area contributed by atoms with Crippen LogP contribution in [0, 0.1) is 15.5 Å². The van der Waals surface area contributed by atoms with Crippen molar-refractivity contribution in [3.05, 3.63) is 33.9 Å². The topological polar surface area (TPSA) is 86.2 Å². The Balaban J connectivity index is 3.24. The summed E-state index contributed by atoms with van der Waals surface area (Å²) < 4.78 is 0. The molecule has 1 aromatic carbocycles. The van der Waals surface area contributed by atoms with Gasteiger partial charge in [0.2, 0.25) is 0 Å². The van der Waals surface area contributed by atoms with Gasteiger partial charge in [-0.1, -0.05) is 20.8 Å². The Morgan fingerprint density at radius 3 is 2.38 bits per heavy atom. The molecule has 0 aliphatic rings. The zero-order valence-corrected chi connectivity index (χ0v) is 9.48. The molecule has 0 spiro atoms. The lowest BCUT2D eigenvalue weighted by Gasteiger charge is -2.16. The van der Waals surface area contributed by atoms with Gasteiger partial charge < -0.3 is 5.73 Å². The van der Waals surface area contributed by atoms with Gasteiger partial charge in [-0.05, 0) is 12.1 Å². The predicted octanol–water partition coefficient (Wildman–Crippen LogP) is 2.41. The lowest BCUT2D eigenvalue weighted by Crippen LogP contribution is -2.20. The van der Waals surface area contributed by atoms with Crippen LogP contribution in [0.3, 0.4) is 0 Å². The molecule has 0 atom stereocenters. The minimum absolute atomic E-state index is 0.0652. The molecular weight excluding hydrogens is 208 g/mol. The van der Waals surface area contributed by atoms with Crippen LogP contribution in [0.15, 0.2) is 18.2 Å². The quantitative estimate of drug-likeness (QED) is 0.360. The fourth-order valence-electron chi connectivity index (χ4n) is 1.28. The summed E-state index contributed by atoms with van der Waals surface area (Å²) >= 11 is 0. The number of nitrogens with zero attached hydrogens (tertiary/aromatic N) is 1. The Kier molecular flexibility index (Phi) is 2.98. The van der Waals surface area contributed by atoms with Crippen molar-refractivity contribution < 1.29 is 9.72 Å². The van der Waals surface area contributed by atoms with Crippen LogP contribution in [-0.4, -0.2) is 10.7 Å². The zero-order chi connectivity index (χ0) is 12.5. The van der Waals surface area contributed by atoms with Gasteiger partial charge in [0.05, 0.1) is 4.92 Å². The number of nitrogens with two attached hydrogens (primary N) is 1. The summed E-state index contributed by atoms with van der Waals surface area (Å²) in [5, 5.41) is 10.7. The number of anilines is 1. The number of nitrogen functional groups attached to an aromatic ring is 1. The summed E-state index contributed by atoms with van der Waals surface area (Å²) in [6.07, 6.45) is 0. The highest BCUT2D eigenvalue weighted by atomic mass is 16.6. The molecule has 0 bridgehead atoms. The lowest BCUT2D eigenvalue weighted by molar-refractivity contribution is -0.383. The summed E-state index contributed by atoms with van der Waals surface area (Å²) in [6, 6.07) is 4.12. The van der Waals surface area contributed by atoms with Crippen molar-refractivity contribution in [1.82, 2.24) is 0 Å². The summed E-state index contributed by atoms with van der Waals surface area (Å²) in [5.41, 5.74) is 5.03. The molecule has 0 aliphatic carbocycles. The molecule has 2 N–H and O–H groups in total. The van der Waals surface area contributed by atoms with E-state index < -0.39 is 10.3 Å². The van der Waals surface area contributed by atoms with Crippen molar-refractivity contribution >= 4 is 17.2 Å². The third-order valence-corrected chi connectivity index (χ3v) is 2.17. The molecule has 0 heterocycles. The maximum Gasteiger partial charge on any atom is 0.292 e. The number of rotatable bonds is 2. The molecule has 0 fully saturated rings. The second-order valence-corrected chi connectivity index (χ2v) is 4.61. The molecule has 0 saturated heterocycles. The highest BCUT2D eigenvalue weighted by molar-refractivity contribution is 6.00. The van der Waals surface area contributed by atoms with Crippen LogP contribution in [0.1, 0.15) is 31.1 Å². The molecule has 0 aromatic heterocycles. The van der Waals surface area contributed by atoms with E-state index in [4.69, 9.17) is 5.73 Å². The van der Waals surface area contributed by atoms with Gasteiger partial charge in [-0.25, -0.2) is 0 Å². The molecule has 5 heteroatoms. The van der Waals surface area contributed by atoms with Gasteiger partial charge in [-0.15, -0.1) is 0 Å². The molecule has 1 rings (SSSR count). The molecule has 5 nitrogen and oxygen atoms in total. The number of carbonyl (C=O) groups excluding carboxylic acids is 1. The smallest absolute Gasteiger partial charge is 0.292 e. The van der Waals surface area contributed by atoms with Crippen LogP contribution in [0.5, 0.6) is 0 Å². The van der Waals surface area contributed by atoms with Crippen molar-refractivity contribution in [3.8, 4) is 0 Å². The van der Waals surface area contributed by atoms with E-state index >= 15 is 0 Å². The number of hydrogen-bond donors (Lipinski definition) is 1. The molecule has 0 radical (unpaired) electrons. The minimum atomic E-state index is -0.589. The first-order chi connectivity index (χ1) is 7.23. The maximum absolute atomic E-state index is 11.9. The Bertz CT molecular complexity index is 447. The van der Waals surface area contributed by atoms with Gasteiger partial charge in [0.1, 0.15) is 5.69 Å². The summed E-state index contributed by atoms with van der Waals surface area (Å²) in [5.74, 6) is -0.143. The van der Waals surface area contributed by atoms with E-state index in [-0.39, 0.29) is 17.2 Å². The van der Waals surface area contributed by atoms with Gasteiger partial charge >= 0.3 is 0 Å². The Labute approximate surface area is 93.4 Å². The number of nitro benzene ring substituents is 1. The summed E-state index contributed by atoms with van der Waals surface area (Å²) in [4.78, 5) is 22.0. The van der Waals surface area contributed by atoms with Crippen LogP contribution in [-0.2, 0) is 0 Å². The second-order valence-electron chi connectivity index (χ2n) is 4.61. The van der Waals surface area contributed by atoms with Crippen molar-refractivity contribution in [2.45, 2.75) is 20.8 Å². The molecule has 0 amide bonds. The number of benzene rings is 1. The fourth-order valence-corrected chi connectivity index (χ4v) is 1.28. The average molecular weight is 222 g/mol. The van der Waals surface area contributed by atoms with E-state index in [2.05, 4.69) is 0 Å². The van der Waals surface area contributed by atoms with Crippen LogP contribution in [0.25, 0.3) is 0 Å². The van der Waals surface area contributed by atoms with E-state index in [1.165, 1.54) is 18.2 Å². The first kappa shape index (κ1) is 12.2. The largest absolute Gasteiger partial charge is 0.393 e. The normalized spacial score (nSPS) is 11.2. The van der Waals surface area contributed by atoms with E-state index in [9.17, 15) is 14.9 Å². The van der Waals surface area contributed by atoms with Crippen molar-refractivity contribution in [2.24, 2.45) is 5.41 Å². The van der Waals surface area contributed by atoms with E-state index in [1.807, 2.05) is 0 Å². The average Bonchev–Trinajstić information content (AvgIpc) is 2.15. The first-order valence-electron chi connectivity index (χ1n) is 4.82. The van der Waals surface area contributed by atoms with E-state index in [0.717, 1.165) is 0 Å². The second kappa shape index (κ2) is 3.92. The van der Waals surface area contributed by atoms with Gasteiger partial charge in [-0.2, -0.15) is 0 Å². The monoisotopic (exact) mass is 222 g/mol. The SMILES string of the molecule is CC(C)(C)C(=O)c1ccc(N)c([N+](=O)[O-])c1. The molecular formula is C11H14N2O3. The minimum Gasteiger partial charge on any atom is -0.393 e. The lowest BCUT2D eigenvalue weighted by atomic mass is 9.86. The Morgan fingerprint density at radius 2 is 1.94 bits per heavy atom. The van der Waals surface area contributed by atoms with Gasteiger partial charge in [0.15, 0.2) is 5.78 Å². The maximum atomic E-state index is 11.9.